The molecule has 2 fully saturated rings. The number of nitrogens with one attached hydrogen (secondary N) is 3. The molecule has 0 unspecified atom stereocenters. The maximum absolute atomic E-state index is 13.1. The van der Waals surface area contributed by atoms with Crippen LogP contribution in [0.3, 0.4) is 0 Å². The van der Waals surface area contributed by atoms with E-state index in [2.05, 4.69) is 30.8 Å². The van der Waals surface area contributed by atoms with Gasteiger partial charge in [-0.05, 0) is 25.8 Å². The van der Waals surface area contributed by atoms with Gasteiger partial charge in [0.05, 0.1) is 23.8 Å². The van der Waals surface area contributed by atoms with Crippen LogP contribution in [0.5, 0.6) is 0 Å². The SMILES string of the molecule is Cc1nnc(C2=C3C=C(S(=O)(=O)NC4(C)CC4)C=C(N4CCOCC4)N3NN2)o1.[HH]. The lowest BCUT2D eigenvalue weighted by atomic mass is 10.2. The highest BCUT2D eigenvalue weighted by atomic mass is 32.2. The zero-order valence-corrected chi connectivity index (χ0v) is 17.0. The second kappa shape index (κ2) is 6.55. The third kappa shape index (κ3) is 3.41. The molecule has 1 aliphatic carbocycles. The molecule has 29 heavy (non-hydrogen) atoms. The highest BCUT2D eigenvalue weighted by molar-refractivity contribution is 7.93. The molecule has 1 saturated heterocycles. The second-order valence-corrected chi connectivity index (χ2v) is 9.46. The maximum Gasteiger partial charge on any atom is 0.267 e. The van der Waals surface area contributed by atoms with Gasteiger partial charge in [0, 0.05) is 33.1 Å². The van der Waals surface area contributed by atoms with Gasteiger partial charge in [-0.25, -0.2) is 18.1 Å². The fourth-order valence-corrected chi connectivity index (χ4v) is 4.95. The zero-order chi connectivity index (χ0) is 20.2. The minimum atomic E-state index is -3.70. The van der Waals surface area contributed by atoms with Gasteiger partial charge in [-0.2, -0.15) is 0 Å². The van der Waals surface area contributed by atoms with Crippen molar-refractivity contribution in [2.75, 3.05) is 26.3 Å². The molecule has 3 N–H and O–H groups in total. The Morgan fingerprint density at radius 1 is 1.24 bits per heavy atom. The molecule has 1 aromatic heterocycles. The summed E-state index contributed by atoms with van der Waals surface area (Å²) in [6, 6.07) is 0. The van der Waals surface area contributed by atoms with Crippen molar-refractivity contribution in [2.45, 2.75) is 32.2 Å². The van der Waals surface area contributed by atoms with Gasteiger partial charge in [0.1, 0.15) is 11.5 Å². The van der Waals surface area contributed by atoms with Crippen molar-refractivity contribution in [3.05, 3.63) is 40.4 Å². The molecule has 158 valence electrons. The zero-order valence-electron chi connectivity index (χ0n) is 16.2. The average molecular weight is 423 g/mol. The van der Waals surface area contributed by atoms with E-state index in [0.29, 0.717) is 49.4 Å². The third-order valence-electron chi connectivity index (χ3n) is 5.34. The standard InChI is InChI=1S/C17H23N7O4S.H2/c1-11-18-20-16(28-11)15-13-9-12(29(25,26)21-17(2)3-4-17)10-14(24(13)22-19-15)23-5-7-27-8-6-23;/h9-10,19,21-22H,3-8H2,1-2H3;1H. The van der Waals surface area contributed by atoms with Crippen LogP contribution in [-0.2, 0) is 14.8 Å². The van der Waals surface area contributed by atoms with Gasteiger partial charge in [-0.15, -0.1) is 15.7 Å². The monoisotopic (exact) mass is 423 g/mol. The first-order chi connectivity index (χ1) is 13.8. The molecular weight excluding hydrogens is 398 g/mol. The number of hydrogen-bond acceptors (Lipinski definition) is 10. The molecule has 0 spiro atoms. The molecular formula is C17H25N7O4S. The molecule has 0 atom stereocenters. The van der Waals surface area contributed by atoms with E-state index >= 15 is 0 Å². The summed E-state index contributed by atoms with van der Waals surface area (Å²) in [5, 5.41) is 9.72. The summed E-state index contributed by atoms with van der Waals surface area (Å²) < 4.78 is 40.0. The number of sulfonamides is 1. The summed E-state index contributed by atoms with van der Waals surface area (Å²) in [6.07, 6.45) is 4.97. The van der Waals surface area contributed by atoms with E-state index in [-0.39, 0.29) is 17.8 Å². The Bertz CT molecular complexity index is 1040. The lowest BCUT2D eigenvalue weighted by Crippen LogP contribution is -2.47. The Hall–Kier alpha value is -2.41. The fourth-order valence-electron chi connectivity index (χ4n) is 3.45. The van der Waals surface area contributed by atoms with Gasteiger partial charge in [0.2, 0.25) is 15.9 Å². The molecule has 11 nitrogen and oxygen atoms in total. The summed E-state index contributed by atoms with van der Waals surface area (Å²) >= 11 is 0. The lowest BCUT2D eigenvalue weighted by Gasteiger charge is -2.37. The molecule has 0 radical (unpaired) electrons. The number of rotatable bonds is 5. The number of ether oxygens (including phenoxy) is 1. The first kappa shape index (κ1) is 18.6. The molecule has 5 rings (SSSR count). The molecule has 4 aliphatic rings. The molecule has 12 heteroatoms. The first-order valence-corrected chi connectivity index (χ1v) is 11.0. The topological polar surface area (TPSA) is 125 Å². The largest absolute Gasteiger partial charge is 0.420 e. The normalized spacial score (nSPS) is 23.5. The van der Waals surface area contributed by atoms with Crippen molar-refractivity contribution in [3.8, 4) is 0 Å². The van der Waals surface area contributed by atoms with Gasteiger partial charge < -0.3 is 14.1 Å². The van der Waals surface area contributed by atoms with Crippen molar-refractivity contribution in [3.63, 3.8) is 0 Å². The van der Waals surface area contributed by atoms with E-state index in [9.17, 15) is 8.42 Å². The number of aromatic nitrogens is 2. The van der Waals surface area contributed by atoms with Crippen LogP contribution in [0.1, 0.15) is 33.0 Å². The van der Waals surface area contributed by atoms with Crippen molar-refractivity contribution < 1.29 is 19.0 Å². The molecule has 1 saturated carbocycles. The van der Waals surface area contributed by atoms with E-state index in [0.717, 1.165) is 12.8 Å². The maximum atomic E-state index is 13.1. The Labute approximate surface area is 169 Å². The number of fused-ring (bicyclic) bond motifs is 1. The highest BCUT2D eigenvalue weighted by Gasteiger charge is 2.43. The predicted molar refractivity (Wildman–Crippen MR) is 104 cm³/mol. The van der Waals surface area contributed by atoms with Crippen molar-refractivity contribution >= 4 is 15.7 Å². The highest BCUT2D eigenvalue weighted by Crippen LogP contribution is 2.38. The van der Waals surface area contributed by atoms with Gasteiger partial charge in [-0.1, -0.05) is 0 Å². The van der Waals surface area contributed by atoms with Crippen LogP contribution in [0.2, 0.25) is 0 Å². The number of nitrogens with zero attached hydrogens (tertiary/aromatic N) is 4. The van der Waals surface area contributed by atoms with E-state index in [1.165, 1.54) is 0 Å². The minimum Gasteiger partial charge on any atom is -0.420 e. The number of morpholine rings is 1. The van der Waals surface area contributed by atoms with Crippen molar-refractivity contribution in [1.29, 1.82) is 0 Å². The summed E-state index contributed by atoms with van der Waals surface area (Å²) in [4.78, 5) is 2.28. The van der Waals surface area contributed by atoms with Crippen LogP contribution >= 0.6 is 0 Å². The summed E-state index contributed by atoms with van der Waals surface area (Å²) in [6.45, 7) is 6.09. The Kier molecular flexibility index (Phi) is 4.21. The second-order valence-electron chi connectivity index (χ2n) is 7.77. The Balaban J connectivity index is 0.00000218. The van der Waals surface area contributed by atoms with E-state index in [4.69, 9.17) is 9.15 Å². The smallest absolute Gasteiger partial charge is 0.267 e. The number of hydrogen-bond donors (Lipinski definition) is 3. The number of hydrazine groups is 2. The van der Waals surface area contributed by atoms with Crippen LogP contribution in [0.4, 0.5) is 0 Å². The molecule has 4 heterocycles. The van der Waals surface area contributed by atoms with Gasteiger partial charge in [0.25, 0.3) is 5.89 Å². The Morgan fingerprint density at radius 2 is 2.00 bits per heavy atom. The van der Waals surface area contributed by atoms with E-state index in [1.807, 2.05) is 6.92 Å². The van der Waals surface area contributed by atoms with Gasteiger partial charge in [0.15, 0.2) is 0 Å². The summed E-state index contributed by atoms with van der Waals surface area (Å²) in [5.74, 6) is 1.42. The van der Waals surface area contributed by atoms with Crippen LogP contribution < -0.4 is 15.7 Å². The Morgan fingerprint density at radius 3 is 2.66 bits per heavy atom. The molecule has 1 aromatic rings. The fraction of sp³-hybridized carbons (Fsp3) is 0.529. The van der Waals surface area contributed by atoms with Crippen molar-refractivity contribution in [2.24, 2.45) is 0 Å². The molecule has 0 aromatic carbocycles. The number of aryl methyl sites for hydroxylation is 1. The lowest BCUT2D eigenvalue weighted by molar-refractivity contribution is 0.0363. The molecule has 3 aliphatic heterocycles. The van der Waals surface area contributed by atoms with Crippen LogP contribution in [0, 0.1) is 6.92 Å². The minimum absolute atomic E-state index is 0. The van der Waals surface area contributed by atoms with Gasteiger partial charge in [-0.3, -0.25) is 5.43 Å². The third-order valence-corrected chi connectivity index (χ3v) is 6.95. The van der Waals surface area contributed by atoms with E-state index < -0.39 is 10.0 Å². The molecule has 0 bridgehead atoms. The quantitative estimate of drug-likeness (QED) is 0.603. The first-order valence-electron chi connectivity index (χ1n) is 9.51. The van der Waals surface area contributed by atoms with Crippen LogP contribution in [-0.4, -0.2) is 60.4 Å². The summed E-state index contributed by atoms with van der Waals surface area (Å²) in [7, 11) is -3.70. The molecule has 0 amide bonds. The summed E-state index contributed by atoms with van der Waals surface area (Å²) in [5.41, 5.74) is 6.85. The van der Waals surface area contributed by atoms with Crippen LogP contribution in [0.25, 0.3) is 5.70 Å². The van der Waals surface area contributed by atoms with Crippen LogP contribution in [0.15, 0.2) is 33.0 Å². The predicted octanol–water partition coefficient (Wildman–Crippen LogP) is 0.160. The average Bonchev–Trinajstić information content (AvgIpc) is 3.07. The van der Waals surface area contributed by atoms with Crippen molar-refractivity contribution in [1.82, 2.24) is 35.8 Å². The number of allylic oxidation sites excluding steroid dienone is 2. The van der Waals surface area contributed by atoms with E-state index in [1.54, 1.807) is 24.1 Å². The van der Waals surface area contributed by atoms with Gasteiger partial charge >= 0.3 is 0 Å².